The second-order valence-electron chi connectivity index (χ2n) is 11.9. The second kappa shape index (κ2) is 13.9. The van der Waals surface area contributed by atoms with Crippen LogP contribution in [0.2, 0.25) is 25.7 Å². The summed E-state index contributed by atoms with van der Waals surface area (Å²) in [6.45, 7) is 10.7. The summed E-state index contributed by atoms with van der Waals surface area (Å²) in [5, 5.41) is 10.5. The Morgan fingerprint density at radius 3 is 2.59 bits per heavy atom. The van der Waals surface area contributed by atoms with Crippen LogP contribution in [0.1, 0.15) is 34.3 Å². The first-order chi connectivity index (χ1) is 20.9. The third kappa shape index (κ3) is 7.74. The van der Waals surface area contributed by atoms with E-state index in [9.17, 15) is 19.5 Å². The molecule has 11 nitrogen and oxygen atoms in total. The third-order valence-corrected chi connectivity index (χ3v) is 9.12. The van der Waals surface area contributed by atoms with Gasteiger partial charge in [0.05, 0.1) is 18.4 Å². The van der Waals surface area contributed by atoms with Crippen molar-refractivity contribution in [2.24, 2.45) is 10.7 Å². The lowest BCUT2D eigenvalue weighted by Gasteiger charge is -2.26. The first-order valence-corrected chi connectivity index (χ1v) is 18.2. The SMILES string of the molecule is C=CCOC(=O)N=C(N)CCc1ccc(C2=CN3C(=O)c4cc(OC)c(O)cc4N(COCC[Si](C)(C)C)C(=O)[C@@H]3C2)cc1. The molecule has 2 heterocycles. The van der Waals surface area contributed by atoms with Gasteiger partial charge in [0, 0.05) is 39.8 Å². The van der Waals surface area contributed by atoms with Crippen LogP contribution in [0.25, 0.3) is 5.57 Å². The number of aromatic hydroxyl groups is 1. The molecule has 44 heavy (non-hydrogen) atoms. The van der Waals surface area contributed by atoms with Crippen LogP contribution in [0.5, 0.6) is 11.5 Å². The molecule has 2 aromatic rings. The summed E-state index contributed by atoms with van der Waals surface area (Å²) < 4.78 is 16.0. The number of hydrogen-bond acceptors (Lipinski definition) is 7. The smallest absolute Gasteiger partial charge is 0.435 e. The molecule has 2 aromatic carbocycles. The van der Waals surface area contributed by atoms with Crippen molar-refractivity contribution in [1.82, 2.24) is 4.90 Å². The summed E-state index contributed by atoms with van der Waals surface area (Å²) in [6.07, 6.45) is 3.67. The number of aliphatic imine (C=N–C) groups is 1. The zero-order valence-electron chi connectivity index (χ0n) is 25.7. The van der Waals surface area contributed by atoms with Crippen molar-refractivity contribution in [1.29, 1.82) is 0 Å². The predicted octanol–water partition coefficient (Wildman–Crippen LogP) is 4.93. The van der Waals surface area contributed by atoms with Gasteiger partial charge in [-0.15, -0.1) is 0 Å². The highest BCUT2D eigenvalue weighted by atomic mass is 28.3. The number of ether oxygens (including phenoxy) is 3. The molecular weight excluding hydrogens is 580 g/mol. The summed E-state index contributed by atoms with van der Waals surface area (Å²) in [5.74, 6) is -0.516. The molecule has 1 atom stereocenters. The van der Waals surface area contributed by atoms with Crippen molar-refractivity contribution in [3.8, 4) is 11.5 Å². The molecule has 4 rings (SSSR count). The maximum atomic E-state index is 14.0. The Bertz CT molecular complexity index is 1480. The number of phenols is 1. The molecule has 234 valence electrons. The average molecular weight is 621 g/mol. The molecule has 0 radical (unpaired) electrons. The van der Waals surface area contributed by atoms with E-state index in [0.29, 0.717) is 25.9 Å². The molecule has 0 saturated heterocycles. The number of rotatable bonds is 12. The van der Waals surface area contributed by atoms with E-state index in [4.69, 9.17) is 19.9 Å². The molecule has 2 aliphatic heterocycles. The maximum absolute atomic E-state index is 14.0. The molecule has 0 unspecified atom stereocenters. The van der Waals surface area contributed by atoms with Gasteiger partial charge in [0.1, 0.15) is 25.2 Å². The van der Waals surface area contributed by atoms with E-state index in [0.717, 1.165) is 22.7 Å². The molecular formula is C32H40N4O7Si. The Morgan fingerprint density at radius 1 is 1.20 bits per heavy atom. The minimum atomic E-state index is -1.36. The molecule has 3 amide bonds. The van der Waals surface area contributed by atoms with Crippen molar-refractivity contribution in [2.75, 3.05) is 32.0 Å². The van der Waals surface area contributed by atoms with Gasteiger partial charge in [0.15, 0.2) is 11.5 Å². The first kappa shape index (κ1) is 32.5. The van der Waals surface area contributed by atoms with E-state index in [1.54, 1.807) is 6.20 Å². The first-order valence-electron chi connectivity index (χ1n) is 14.5. The standard InChI is InChI=1S/C32H40N4O7Si/c1-6-13-43-32(40)34-29(33)12-9-21-7-10-22(11-8-21)23-16-26-31(39)36(20-42-14-15-44(3,4)5)25-18-27(37)28(41-2)17-24(25)30(38)35(26)19-23/h6-8,10-11,17-19,26,37H,1,9,12-16,20H2,2-5H3,(H2,33,34,40)/t26-/m0/s1. The minimum Gasteiger partial charge on any atom is -0.504 e. The highest BCUT2D eigenvalue weighted by Gasteiger charge is 2.43. The number of methoxy groups -OCH3 is 1. The van der Waals surface area contributed by atoms with Crippen molar-refractivity contribution >= 4 is 43.1 Å². The van der Waals surface area contributed by atoms with E-state index >= 15 is 0 Å². The summed E-state index contributed by atoms with van der Waals surface area (Å²) in [4.78, 5) is 46.0. The fourth-order valence-electron chi connectivity index (χ4n) is 4.93. The van der Waals surface area contributed by atoms with Crippen molar-refractivity contribution in [3.05, 3.63) is 71.9 Å². The Morgan fingerprint density at radius 2 is 1.93 bits per heavy atom. The van der Waals surface area contributed by atoms with Crippen molar-refractivity contribution in [3.63, 3.8) is 0 Å². The number of anilines is 1. The highest BCUT2D eigenvalue weighted by molar-refractivity contribution is 6.76. The second-order valence-corrected chi connectivity index (χ2v) is 17.5. The molecule has 12 heteroatoms. The normalized spacial score (nSPS) is 16.7. The number of fused-ring (bicyclic) bond motifs is 2. The number of nitrogens with zero attached hydrogens (tertiary/aromatic N) is 3. The molecule has 0 spiro atoms. The van der Waals surface area contributed by atoms with Gasteiger partial charge in [-0.3, -0.25) is 14.5 Å². The zero-order chi connectivity index (χ0) is 32.0. The summed E-state index contributed by atoms with van der Waals surface area (Å²) >= 11 is 0. The van der Waals surface area contributed by atoms with Crippen LogP contribution in [-0.4, -0.2) is 74.9 Å². The highest BCUT2D eigenvalue weighted by Crippen LogP contribution is 2.41. The third-order valence-electron chi connectivity index (χ3n) is 7.42. The lowest BCUT2D eigenvalue weighted by atomic mass is 9.99. The molecule has 0 saturated carbocycles. The van der Waals surface area contributed by atoms with E-state index in [1.807, 2.05) is 24.3 Å². The number of carbonyl (C=O) groups is 3. The van der Waals surface area contributed by atoms with Gasteiger partial charge >= 0.3 is 6.09 Å². The van der Waals surface area contributed by atoms with Crippen LogP contribution in [0.3, 0.4) is 0 Å². The number of amidine groups is 1. The van der Waals surface area contributed by atoms with E-state index in [-0.39, 0.29) is 53.7 Å². The number of carbonyl (C=O) groups excluding carboxylic acids is 3. The van der Waals surface area contributed by atoms with Gasteiger partial charge in [-0.05, 0) is 35.2 Å². The topological polar surface area (TPSA) is 144 Å². The van der Waals surface area contributed by atoms with Crippen LogP contribution < -0.4 is 15.4 Å². The predicted molar refractivity (Wildman–Crippen MR) is 172 cm³/mol. The Kier molecular flexibility index (Phi) is 10.3. The maximum Gasteiger partial charge on any atom is 0.435 e. The fraction of sp³-hybridized carbons (Fsp3) is 0.375. The molecule has 2 aliphatic rings. The van der Waals surface area contributed by atoms with Crippen LogP contribution in [0.4, 0.5) is 10.5 Å². The van der Waals surface area contributed by atoms with Crippen LogP contribution in [0.15, 0.2) is 60.2 Å². The van der Waals surface area contributed by atoms with Gasteiger partial charge in [0.2, 0.25) is 0 Å². The van der Waals surface area contributed by atoms with E-state index < -0.39 is 20.2 Å². The summed E-state index contributed by atoms with van der Waals surface area (Å²) in [6, 6.07) is 10.7. The number of aryl methyl sites for hydroxylation is 1. The van der Waals surface area contributed by atoms with Crippen LogP contribution in [-0.2, 0) is 20.7 Å². The Labute approximate surface area is 258 Å². The number of benzene rings is 2. The largest absolute Gasteiger partial charge is 0.504 e. The van der Waals surface area contributed by atoms with Gasteiger partial charge in [0.25, 0.3) is 11.8 Å². The average Bonchev–Trinajstić information content (AvgIpc) is 3.41. The van der Waals surface area contributed by atoms with E-state index in [1.165, 1.54) is 35.1 Å². The zero-order valence-corrected chi connectivity index (χ0v) is 26.7. The van der Waals surface area contributed by atoms with Gasteiger partial charge in [-0.25, -0.2) is 4.79 Å². The number of amides is 3. The number of nitrogens with two attached hydrogens (primary N) is 1. The van der Waals surface area contributed by atoms with Crippen molar-refractivity contribution < 1.29 is 33.7 Å². The van der Waals surface area contributed by atoms with Crippen molar-refractivity contribution in [2.45, 2.75) is 51.0 Å². The van der Waals surface area contributed by atoms with Gasteiger partial charge < -0.3 is 30.0 Å². The summed E-state index contributed by atoms with van der Waals surface area (Å²) in [7, 11) is 0.0489. The molecule has 0 aromatic heterocycles. The molecule has 0 aliphatic carbocycles. The lowest BCUT2D eigenvalue weighted by molar-refractivity contribution is -0.122. The molecule has 3 N–H and O–H groups in total. The molecule has 0 bridgehead atoms. The number of phenolic OH excluding ortho intramolecular Hbond substituents is 1. The Balaban J connectivity index is 1.53. The quantitative estimate of drug-likeness (QED) is 0.112. The summed E-state index contributed by atoms with van der Waals surface area (Å²) in [5.41, 5.74) is 9.09. The van der Waals surface area contributed by atoms with Crippen LogP contribution in [0, 0.1) is 0 Å². The van der Waals surface area contributed by atoms with Crippen LogP contribution >= 0.6 is 0 Å². The lowest BCUT2D eigenvalue weighted by Crippen LogP contribution is -2.45. The molecule has 0 fully saturated rings. The van der Waals surface area contributed by atoms with Gasteiger partial charge in [-0.1, -0.05) is 56.6 Å². The van der Waals surface area contributed by atoms with E-state index in [2.05, 4.69) is 31.2 Å². The monoisotopic (exact) mass is 620 g/mol. The minimum absolute atomic E-state index is 0.0395. The Hall–Kier alpha value is -4.42. The fourth-order valence-corrected chi connectivity index (χ4v) is 5.69. The van der Waals surface area contributed by atoms with Gasteiger partial charge in [-0.2, -0.15) is 4.99 Å². The number of hydrogen-bond donors (Lipinski definition) is 2.